The number of carboxylic acids is 1. The van der Waals surface area contributed by atoms with Crippen LogP contribution in [0.15, 0.2) is 16.4 Å². The fourth-order valence-electron chi connectivity index (χ4n) is 1.75. The fourth-order valence-corrected chi connectivity index (χ4v) is 2.94. The summed E-state index contributed by atoms with van der Waals surface area (Å²) in [5, 5.41) is 12.5. The number of oxime groups is 1. The number of β-lactam (4-membered cyclic amide) rings is 1. The van der Waals surface area contributed by atoms with E-state index in [9.17, 15) is 9.59 Å². The Morgan fingerprint density at radius 3 is 3.00 bits per heavy atom. The molecule has 1 saturated heterocycles. The van der Waals surface area contributed by atoms with Gasteiger partial charge in [0.1, 0.15) is 17.7 Å². The zero-order valence-corrected chi connectivity index (χ0v) is 10.3. The number of nitrogens with zero attached hydrogens (tertiary/aromatic N) is 2. The third-order valence-electron chi connectivity index (χ3n) is 2.50. The molecule has 0 radical (unpaired) electrons. The Balaban J connectivity index is 2.27. The lowest BCUT2D eigenvalue weighted by Gasteiger charge is -2.43. The van der Waals surface area contributed by atoms with Crippen LogP contribution in [0, 0.1) is 0 Å². The van der Waals surface area contributed by atoms with Crippen molar-refractivity contribution in [1.82, 2.24) is 4.90 Å². The SMILES string of the molecule is CCO/N=C1\C(=O)N2C(C(=O)O)=C(C)CS[C@H]12. The highest BCUT2D eigenvalue weighted by Gasteiger charge is 2.51. The van der Waals surface area contributed by atoms with E-state index in [2.05, 4.69) is 5.16 Å². The monoisotopic (exact) mass is 256 g/mol. The van der Waals surface area contributed by atoms with Crippen molar-refractivity contribution < 1.29 is 19.5 Å². The Kier molecular flexibility index (Phi) is 3.10. The highest BCUT2D eigenvalue weighted by Crippen LogP contribution is 2.38. The van der Waals surface area contributed by atoms with E-state index in [1.54, 1.807) is 13.8 Å². The second-order valence-corrected chi connectivity index (χ2v) is 4.74. The minimum atomic E-state index is -1.07. The second-order valence-electron chi connectivity index (χ2n) is 3.67. The molecule has 0 aromatic carbocycles. The number of hydrogen-bond donors (Lipinski definition) is 1. The summed E-state index contributed by atoms with van der Waals surface area (Å²) in [5.41, 5.74) is 1.07. The van der Waals surface area contributed by atoms with Gasteiger partial charge in [-0.3, -0.25) is 9.69 Å². The summed E-state index contributed by atoms with van der Waals surface area (Å²) in [6, 6.07) is 0. The Bertz CT molecular complexity index is 444. The first-order chi connectivity index (χ1) is 8.07. The number of hydrogen-bond acceptors (Lipinski definition) is 5. The highest BCUT2D eigenvalue weighted by atomic mass is 32.2. The molecule has 1 amide bonds. The molecule has 17 heavy (non-hydrogen) atoms. The van der Waals surface area contributed by atoms with E-state index in [4.69, 9.17) is 9.94 Å². The molecule has 6 nitrogen and oxygen atoms in total. The van der Waals surface area contributed by atoms with Crippen LogP contribution in [-0.4, -0.2) is 45.3 Å². The van der Waals surface area contributed by atoms with Gasteiger partial charge in [-0.05, 0) is 19.4 Å². The maximum absolute atomic E-state index is 11.8. The molecule has 1 atom stereocenters. The van der Waals surface area contributed by atoms with E-state index in [-0.39, 0.29) is 17.0 Å². The highest BCUT2D eigenvalue weighted by molar-refractivity contribution is 8.01. The van der Waals surface area contributed by atoms with Crippen LogP contribution in [-0.2, 0) is 14.4 Å². The number of amides is 1. The quantitative estimate of drug-likeness (QED) is 0.592. The average molecular weight is 256 g/mol. The van der Waals surface area contributed by atoms with Gasteiger partial charge in [0, 0.05) is 5.75 Å². The third-order valence-corrected chi connectivity index (χ3v) is 3.85. The lowest BCUT2D eigenvalue weighted by atomic mass is 10.1. The molecule has 7 heteroatoms. The Morgan fingerprint density at radius 2 is 2.41 bits per heavy atom. The molecule has 0 aromatic heterocycles. The minimum Gasteiger partial charge on any atom is -0.477 e. The number of carbonyl (C=O) groups excluding carboxylic acids is 1. The number of rotatable bonds is 3. The van der Waals surface area contributed by atoms with Gasteiger partial charge < -0.3 is 9.94 Å². The van der Waals surface area contributed by atoms with Gasteiger partial charge in [-0.15, -0.1) is 11.8 Å². The van der Waals surface area contributed by atoms with Crippen LogP contribution in [0.1, 0.15) is 13.8 Å². The van der Waals surface area contributed by atoms with E-state index in [0.717, 1.165) is 0 Å². The number of carboxylic acid groups (broad SMARTS) is 1. The molecule has 1 N–H and O–H groups in total. The summed E-state index contributed by atoms with van der Waals surface area (Å²) in [7, 11) is 0. The van der Waals surface area contributed by atoms with Gasteiger partial charge in [0.2, 0.25) is 0 Å². The van der Waals surface area contributed by atoms with Gasteiger partial charge in [-0.2, -0.15) is 0 Å². The lowest BCUT2D eigenvalue weighted by Crippen LogP contribution is -2.62. The molecule has 0 aromatic rings. The van der Waals surface area contributed by atoms with Gasteiger partial charge in [-0.25, -0.2) is 4.79 Å². The molecule has 92 valence electrons. The first-order valence-corrected chi connectivity index (χ1v) is 6.20. The summed E-state index contributed by atoms with van der Waals surface area (Å²) >= 11 is 1.48. The van der Waals surface area contributed by atoms with Crippen molar-refractivity contribution in [2.45, 2.75) is 19.2 Å². The molecule has 1 fully saturated rings. The molecule has 2 rings (SSSR count). The van der Waals surface area contributed by atoms with Crippen LogP contribution >= 0.6 is 11.8 Å². The zero-order valence-electron chi connectivity index (χ0n) is 9.47. The van der Waals surface area contributed by atoms with Crippen molar-refractivity contribution in [3.63, 3.8) is 0 Å². The Hall–Kier alpha value is -1.50. The predicted molar refractivity (Wildman–Crippen MR) is 62.5 cm³/mol. The van der Waals surface area contributed by atoms with Crippen LogP contribution < -0.4 is 0 Å². The number of fused-ring (bicyclic) bond motifs is 1. The van der Waals surface area contributed by atoms with Crippen molar-refractivity contribution in [2.75, 3.05) is 12.4 Å². The van der Waals surface area contributed by atoms with Gasteiger partial charge >= 0.3 is 5.97 Å². The summed E-state index contributed by atoms with van der Waals surface area (Å²) < 4.78 is 0. The molecule has 2 aliphatic heterocycles. The largest absolute Gasteiger partial charge is 0.477 e. The summed E-state index contributed by atoms with van der Waals surface area (Å²) in [6.07, 6.45) is 0. The summed E-state index contributed by atoms with van der Waals surface area (Å²) in [5.74, 6) is -0.870. The predicted octanol–water partition coefficient (Wildman–Crippen LogP) is 0.653. The van der Waals surface area contributed by atoms with Crippen LogP contribution in [0.3, 0.4) is 0 Å². The van der Waals surface area contributed by atoms with Gasteiger partial charge in [-0.1, -0.05) is 5.16 Å². The minimum absolute atomic E-state index is 0.0780. The van der Waals surface area contributed by atoms with Gasteiger partial charge in [0.05, 0.1) is 0 Å². The topological polar surface area (TPSA) is 79.2 Å². The van der Waals surface area contributed by atoms with Crippen LogP contribution in [0.2, 0.25) is 0 Å². The van der Waals surface area contributed by atoms with Crippen molar-refractivity contribution >= 4 is 29.4 Å². The van der Waals surface area contributed by atoms with E-state index in [0.29, 0.717) is 23.6 Å². The number of carbonyl (C=O) groups is 2. The summed E-state index contributed by atoms with van der Waals surface area (Å²) in [4.78, 5) is 29.0. The van der Waals surface area contributed by atoms with Gasteiger partial charge in [0.25, 0.3) is 5.91 Å². The van der Waals surface area contributed by atoms with E-state index >= 15 is 0 Å². The van der Waals surface area contributed by atoms with Crippen LogP contribution in [0.5, 0.6) is 0 Å². The number of thioether (sulfide) groups is 1. The second kappa shape index (κ2) is 4.40. The third kappa shape index (κ3) is 1.80. The Labute approximate surface area is 102 Å². The Morgan fingerprint density at radius 1 is 1.71 bits per heavy atom. The smallest absolute Gasteiger partial charge is 0.352 e. The number of aliphatic carboxylic acids is 1. The molecular formula is C10H12N2O4S. The average Bonchev–Trinajstić information content (AvgIpc) is 2.29. The molecular weight excluding hydrogens is 244 g/mol. The fraction of sp³-hybridized carbons (Fsp3) is 0.500. The summed E-state index contributed by atoms with van der Waals surface area (Å²) in [6.45, 7) is 3.87. The molecule has 0 spiro atoms. The van der Waals surface area contributed by atoms with Crippen molar-refractivity contribution in [3.8, 4) is 0 Å². The molecule has 0 unspecified atom stereocenters. The van der Waals surface area contributed by atoms with E-state index < -0.39 is 5.97 Å². The molecule has 0 bridgehead atoms. The van der Waals surface area contributed by atoms with Crippen LogP contribution in [0.4, 0.5) is 0 Å². The van der Waals surface area contributed by atoms with Crippen LogP contribution in [0.25, 0.3) is 0 Å². The van der Waals surface area contributed by atoms with Crippen molar-refractivity contribution in [2.24, 2.45) is 5.16 Å². The molecule has 0 aliphatic carbocycles. The molecule has 2 aliphatic rings. The lowest BCUT2D eigenvalue weighted by molar-refractivity contribution is -0.139. The molecule has 0 saturated carbocycles. The zero-order chi connectivity index (χ0) is 12.6. The molecule has 2 heterocycles. The van der Waals surface area contributed by atoms with E-state index in [1.807, 2.05) is 0 Å². The van der Waals surface area contributed by atoms with Crippen molar-refractivity contribution in [1.29, 1.82) is 0 Å². The van der Waals surface area contributed by atoms with Crippen molar-refractivity contribution in [3.05, 3.63) is 11.3 Å². The first-order valence-electron chi connectivity index (χ1n) is 5.16. The normalized spacial score (nSPS) is 25.8. The first kappa shape index (κ1) is 12.0. The van der Waals surface area contributed by atoms with E-state index in [1.165, 1.54) is 16.7 Å². The standard InChI is InChI=1S/C10H12N2O4S/c1-3-16-11-6-8(13)12-7(10(14)15)5(2)4-17-9(6)12/h9H,3-4H2,1-2H3,(H,14,15)/b11-6+/t9-/m1/s1. The van der Waals surface area contributed by atoms with Gasteiger partial charge in [0.15, 0.2) is 5.71 Å². The maximum Gasteiger partial charge on any atom is 0.352 e. The maximum atomic E-state index is 11.8.